The van der Waals surface area contributed by atoms with Crippen molar-refractivity contribution in [3.63, 3.8) is 0 Å². The Labute approximate surface area is 152 Å². The maximum atomic E-state index is 12.7. The zero-order valence-corrected chi connectivity index (χ0v) is 15.4. The van der Waals surface area contributed by atoms with Crippen LogP contribution in [-0.4, -0.2) is 43.6 Å². The minimum absolute atomic E-state index is 0.167. The van der Waals surface area contributed by atoms with Crippen LogP contribution in [0.15, 0.2) is 30.6 Å². The molecule has 6 heteroatoms. The van der Waals surface area contributed by atoms with Crippen LogP contribution in [0.2, 0.25) is 0 Å². The van der Waals surface area contributed by atoms with Crippen molar-refractivity contribution >= 4 is 22.5 Å². The first-order valence-corrected chi connectivity index (χ1v) is 8.93. The first-order valence-electron chi connectivity index (χ1n) is 8.93. The quantitative estimate of drug-likeness (QED) is 0.791. The standard InChI is InChI=1S/C20H23N5O/c1-13-17(14(2)24(3)23-13)11-19(26)25-9-6-15(7-10-25)18-12-22-20-16(18)5-4-8-21-20/h4-6,8,12H,7,9-11H2,1-3H3,(H,21,22). The number of hydrogen-bond acceptors (Lipinski definition) is 3. The van der Waals surface area contributed by atoms with Crippen molar-refractivity contribution in [3.8, 4) is 0 Å². The van der Waals surface area contributed by atoms with Gasteiger partial charge in [-0.2, -0.15) is 5.10 Å². The fraction of sp³-hybridized carbons (Fsp3) is 0.350. The third kappa shape index (κ3) is 2.81. The topological polar surface area (TPSA) is 66.8 Å². The smallest absolute Gasteiger partial charge is 0.227 e. The van der Waals surface area contributed by atoms with Gasteiger partial charge in [-0.15, -0.1) is 0 Å². The second-order valence-corrected chi connectivity index (χ2v) is 6.87. The molecule has 1 aliphatic heterocycles. The largest absolute Gasteiger partial charge is 0.346 e. The fourth-order valence-electron chi connectivity index (χ4n) is 3.70. The SMILES string of the molecule is Cc1nn(C)c(C)c1CC(=O)N1CC=C(c2c[nH]c3ncccc23)CC1. The van der Waals surface area contributed by atoms with Gasteiger partial charge in [0.15, 0.2) is 0 Å². The molecule has 0 radical (unpaired) electrons. The van der Waals surface area contributed by atoms with Gasteiger partial charge in [0.25, 0.3) is 0 Å². The van der Waals surface area contributed by atoms with Gasteiger partial charge in [0, 0.05) is 54.7 Å². The van der Waals surface area contributed by atoms with Gasteiger partial charge in [-0.1, -0.05) is 6.08 Å². The highest BCUT2D eigenvalue weighted by molar-refractivity contribution is 5.91. The van der Waals surface area contributed by atoms with E-state index in [0.717, 1.165) is 41.0 Å². The van der Waals surface area contributed by atoms with E-state index >= 15 is 0 Å². The van der Waals surface area contributed by atoms with Crippen LogP contribution in [0.3, 0.4) is 0 Å². The maximum Gasteiger partial charge on any atom is 0.227 e. The van der Waals surface area contributed by atoms with Crippen LogP contribution >= 0.6 is 0 Å². The van der Waals surface area contributed by atoms with Crippen LogP contribution < -0.4 is 0 Å². The normalized spacial score (nSPS) is 14.7. The monoisotopic (exact) mass is 349 g/mol. The highest BCUT2D eigenvalue weighted by atomic mass is 16.2. The Morgan fingerprint density at radius 2 is 2.19 bits per heavy atom. The van der Waals surface area contributed by atoms with E-state index in [9.17, 15) is 4.79 Å². The lowest BCUT2D eigenvalue weighted by Gasteiger charge is -2.26. The van der Waals surface area contributed by atoms with E-state index in [4.69, 9.17) is 0 Å². The van der Waals surface area contributed by atoms with E-state index in [1.807, 2.05) is 42.7 Å². The molecular formula is C20H23N5O. The molecule has 4 heterocycles. The second-order valence-electron chi connectivity index (χ2n) is 6.87. The molecule has 0 saturated carbocycles. The highest BCUT2D eigenvalue weighted by Gasteiger charge is 2.22. The van der Waals surface area contributed by atoms with E-state index in [2.05, 4.69) is 27.2 Å². The number of pyridine rings is 1. The van der Waals surface area contributed by atoms with E-state index in [1.54, 1.807) is 6.20 Å². The van der Waals surface area contributed by atoms with Crippen LogP contribution in [0.5, 0.6) is 0 Å². The van der Waals surface area contributed by atoms with Gasteiger partial charge >= 0.3 is 0 Å². The van der Waals surface area contributed by atoms with E-state index in [0.29, 0.717) is 13.0 Å². The molecule has 4 rings (SSSR count). The van der Waals surface area contributed by atoms with Crippen molar-refractivity contribution in [2.75, 3.05) is 13.1 Å². The predicted octanol–water partition coefficient (Wildman–Crippen LogP) is 2.77. The number of H-pyrrole nitrogens is 1. The van der Waals surface area contributed by atoms with Gasteiger partial charge in [0.05, 0.1) is 12.1 Å². The van der Waals surface area contributed by atoms with Crippen molar-refractivity contribution in [2.24, 2.45) is 7.05 Å². The number of nitrogens with zero attached hydrogens (tertiary/aromatic N) is 4. The zero-order chi connectivity index (χ0) is 18.3. The Bertz CT molecular complexity index is 1010. The molecule has 0 fully saturated rings. The molecule has 0 aromatic carbocycles. The van der Waals surface area contributed by atoms with Gasteiger partial charge < -0.3 is 9.88 Å². The number of rotatable bonds is 3. The third-order valence-corrected chi connectivity index (χ3v) is 5.35. The summed E-state index contributed by atoms with van der Waals surface area (Å²) in [6.07, 6.45) is 7.26. The number of aryl methyl sites for hydroxylation is 2. The number of amides is 1. The van der Waals surface area contributed by atoms with E-state index in [-0.39, 0.29) is 5.91 Å². The molecule has 3 aromatic rings. The Morgan fingerprint density at radius 1 is 1.35 bits per heavy atom. The van der Waals surface area contributed by atoms with Gasteiger partial charge in [0.1, 0.15) is 5.65 Å². The molecule has 0 unspecified atom stereocenters. The summed E-state index contributed by atoms with van der Waals surface area (Å²) in [4.78, 5) is 22.2. The lowest BCUT2D eigenvalue weighted by Crippen LogP contribution is -2.35. The Kier molecular flexibility index (Phi) is 4.11. The molecule has 6 nitrogen and oxygen atoms in total. The average molecular weight is 349 g/mol. The number of aromatic amines is 1. The Balaban J connectivity index is 1.49. The molecule has 134 valence electrons. The minimum Gasteiger partial charge on any atom is -0.346 e. The first kappa shape index (κ1) is 16.6. The zero-order valence-electron chi connectivity index (χ0n) is 15.4. The molecule has 0 atom stereocenters. The lowest BCUT2D eigenvalue weighted by atomic mass is 9.99. The molecule has 0 saturated heterocycles. The number of carbonyl (C=O) groups is 1. The number of carbonyl (C=O) groups excluding carboxylic acids is 1. The summed E-state index contributed by atoms with van der Waals surface area (Å²) in [5, 5.41) is 5.55. The number of nitrogens with one attached hydrogen (secondary N) is 1. The van der Waals surface area contributed by atoms with Crippen LogP contribution in [0.4, 0.5) is 0 Å². The molecule has 1 aliphatic rings. The second kappa shape index (κ2) is 6.44. The van der Waals surface area contributed by atoms with Crippen LogP contribution in [0.1, 0.15) is 28.9 Å². The van der Waals surface area contributed by atoms with Gasteiger partial charge in [-0.3, -0.25) is 9.48 Å². The molecule has 0 spiro atoms. The molecule has 0 aliphatic carbocycles. The van der Waals surface area contributed by atoms with Crippen molar-refractivity contribution < 1.29 is 4.79 Å². The molecule has 1 N–H and O–H groups in total. The van der Waals surface area contributed by atoms with E-state index < -0.39 is 0 Å². The summed E-state index contributed by atoms with van der Waals surface area (Å²) in [6.45, 7) is 5.38. The maximum absolute atomic E-state index is 12.7. The summed E-state index contributed by atoms with van der Waals surface area (Å²) in [5.41, 5.74) is 6.44. The average Bonchev–Trinajstić information content (AvgIpc) is 3.18. The van der Waals surface area contributed by atoms with Crippen molar-refractivity contribution in [3.05, 3.63) is 53.1 Å². The molecule has 26 heavy (non-hydrogen) atoms. The molecular weight excluding hydrogens is 326 g/mol. The van der Waals surface area contributed by atoms with Crippen molar-refractivity contribution in [1.82, 2.24) is 24.6 Å². The summed E-state index contributed by atoms with van der Waals surface area (Å²) in [5.74, 6) is 0.167. The number of fused-ring (bicyclic) bond motifs is 1. The fourth-order valence-corrected chi connectivity index (χ4v) is 3.70. The van der Waals surface area contributed by atoms with Crippen LogP contribution in [-0.2, 0) is 18.3 Å². The number of hydrogen-bond donors (Lipinski definition) is 1. The van der Waals surface area contributed by atoms with Crippen LogP contribution in [0, 0.1) is 13.8 Å². The first-order chi connectivity index (χ1) is 12.5. The Morgan fingerprint density at radius 3 is 2.88 bits per heavy atom. The van der Waals surface area contributed by atoms with Crippen LogP contribution in [0.25, 0.3) is 16.6 Å². The number of aromatic nitrogens is 4. The Hall–Kier alpha value is -2.89. The molecule has 1 amide bonds. The third-order valence-electron chi connectivity index (χ3n) is 5.35. The predicted molar refractivity (Wildman–Crippen MR) is 102 cm³/mol. The summed E-state index contributed by atoms with van der Waals surface area (Å²) < 4.78 is 1.84. The summed E-state index contributed by atoms with van der Waals surface area (Å²) in [6, 6.07) is 4.04. The summed E-state index contributed by atoms with van der Waals surface area (Å²) in [7, 11) is 1.92. The van der Waals surface area contributed by atoms with Crippen molar-refractivity contribution in [1.29, 1.82) is 0 Å². The summed E-state index contributed by atoms with van der Waals surface area (Å²) >= 11 is 0. The lowest BCUT2D eigenvalue weighted by molar-refractivity contribution is -0.130. The van der Waals surface area contributed by atoms with Gasteiger partial charge in [0.2, 0.25) is 5.91 Å². The molecule has 3 aromatic heterocycles. The molecule has 0 bridgehead atoms. The van der Waals surface area contributed by atoms with E-state index in [1.165, 1.54) is 11.1 Å². The van der Waals surface area contributed by atoms with Gasteiger partial charge in [-0.05, 0) is 38.0 Å². The highest BCUT2D eigenvalue weighted by Crippen LogP contribution is 2.28. The minimum atomic E-state index is 0.167. The van der Waals surface area contributed by atoms with Gasteiger partial charge in [-0.25, -0.2) is 4.98 Å². The van der Waals surface area contributed by atoms with Crippen molar-refractivity contribution in [2.45, 2.75) is 26.7 Å².